The van der Waals surface area contributed by atoms with E-state index >= 15 is 0 Å². The van der Waals surface area contributed by atoms with Crippen molar-refractivity contribution in [3.8, 4) is 0 Å². The van der Waals surface area contributed by atoms with Crippen LogP contribution >= 0.6 is 13.4 Å². The summed E-state index contributed by atoms with van der Waals surface area (Å²) >= 11 is 10.3. The minimum absolute atomic E-state index is 0. The Balaban J connectivity index is -0.00000612. The van der Waals surface area contributed by atoms with Gasteiger partial charge in [0.05, 0.1) is 13.2 Å². The summed E-state index contributed by atoms with van der Waals surface area (Å²) in [7, 11) is 0. The number of unbranched alkanes of at least 4 members (excludes halogenated alkanes) is 18. The molecular formula is C25H52Mo2NO6P2S2-. The Morgan fingerprint density at radius 2 is 0.947 bits per heavy atom. The van der Waals surface area contributed by atoms with Crippen molar-refractivity contribution in [2.24, 2.45) is 0 Å². The van der Waals surface area contributed by atoms with Gasteiger partial charge in [0.25, 0.3) is 0 Å². The smallest absolute Gasteiger partial charge is 0.389 e. The Morgan fingerprint density at radius 3 is 1.29 bits per heavy atom. The molecule has 0 spiro atoms. The van der Waals surface area contributed by atoms with Gasteiger partial charge in [0.2, 0.25) is 6.09 Å². The molecule has 0 saturated heterocycles. The molecule has 0 aliphatic rings. The molecule has 0 fully saturated rings. The van der Waals surface area contributed by atoms with Crippen molar-refractivity contribution in [3.63, 3.8) is 0 Å². The molecule has 0 aromatic rings. The first-order chi connectivity index (χ1) is 17.2. The van der Waals surface area contributed by atoms with Gasteiger partial charge in [-0.15, -0.1) is 0 Å². The van der Waals surface area contributed by atoms with Crippen LogP contribution in [0, 0.1) is 0 Å². The van der Waals surface area contributed by atoms with Gasteiger partial charge < -0.3 is 19.7 Å². The summed E-state index contributed by atoms with van der Waals surface area (Å²) in [4.78, 5) is 21.6. The van der Waals surface area contributed by atoms with E-state index in [1.165, 1.54) is 89.9 Å². The maximum atomic E-state index is 11.2. The fourth-order valence-electron chi connectivity index (χ4n) is 3.85. The number of amides is 1. The molecule has 2 atom stereocenters. The Bertz CT molecular complexity index is 639. The average molecular weight is 781 g/mol. The number of carbonyl (C=O) groups excluding carboxylic acids is 1. The van der Waals surface area contributed by atoms with Gasteiger partial charge in [-0.05, 0) is 24.6 Å². The number of nitrogens with one attached hydrogen (secondary N) is 1. The third-order valence-electron chi connectivity index (χ3n) is 5.90. The van der Waals surface area contributed by atoms with Gasteiger partial charge in [0, 0.05) is 53.9 Å². The minimum Gasteiger partial charge on any atom is -0.631 e. The Kier molecular flexibility index (Phi) is 35.2. The number of hydrogen-bond donors (Lipinski definition) is 1. The van der Waals surface area contributed by atoms with Crippen molar-refractivity contribution in [3.05, 3.63) is 5.73 Å². The van der Waals surface area contributed by atoms with Gasteiger partial charge in [-0.25, -0.2) is 4.31 Å². The Morgan fingerprint density at radius 1 is 0.632 bits per heavy atom. The van der Waals surface area contributed by atoms with Crippen molar-refractivity contribution < 1.29 is 69.7 Å². The maximum absolute atomic E-state index is 11.2. The van der Waals surface area contributed by atoms with Crippen molar-refractivity contribution in [1.29, 1.82) is 0 Å². The summed E-state index contributed by atoms with van der Waals surface area (Å²) < 4.78 is 21.0. The predicted molar refractivity (Wildman–Crippen MR) is 158 cm³/mol. The molecule has 1 amide bonds. The normalized spacial score (nSPS) is 14.1. The first-order valence-corrected chi connectivity index (χ1v) is 19.3. The van der Waals surface area contributed by atoms with Crippen molar-refractivity contribution in [2.75, 3.05) is 13.2 Å². The predicted octanol–water partition coefficient (Wildman–Crippen LogP) is 10.5. The number of rotatable bonds is 27. The van der Waals surface area contributed by atoms with Crippen molar-refractivity contribution in [2.45, 2.75) is 142 Å². The molecule has 0 heterocycles. The molecule has 0 aliphatic carbocycles. The van der Waals surface area contributed by atoms with Crippen LogP contribution in [0.5, 0.6) is 0 Å². The van der Waals surface area contributed by atoms with Crippen LogP contribution in [0.4, 0.5) is 4.79 Å². The Hall–Kier alpha value is 1.79. The quantitative estimate of drug-likeness (QED) is 0.0500. The summed E-state index contributed by atoms with van der Waals surface area (Å²) in [5.74, 6) is 0. The molecule has 0 radical (unpaired) electrons. The number of hydrogen-bond acceptors (Lipinski definition) is 7. The van der Waals surface area contributed by atoms with Crippen LogP contribution in [0.15, 0.2) is 0 Å². The van der Waals surface area contributed by atoms with E-state index < -0.39 is 19.5 Å². The molecule has 7 nitrogen and oxygen atoms in total. The topological polar surface area (TPSA) is 98.0 Å². The third-order valence-corrected chi connectivity index (χ3v) is 11.0. The van der Waals surface area contributed by atoms with Crippen LogP contribution in [0.2, 0.25) is 0 Å². The molecule has 0 aliphatic heterocycles. The molecule has 2 N–H and O–H groups in total. The monoisotopic (exact) mass is 784 g/mol. The largest absolute Gasteiger partial charge is 0.631 e. The van der Waals surface area contributed by atoms with Crippen LogP contribution < -0.4 is 0 Å². The van der Waals surface area contributed by atoms with Gasteiger partial charge in [-0.1, -0.05) is 129 Å². The average Bonchev–Trinajstić information content (AvgIpc) is 2.80. The minimum atomic E-state index is -3.74. The van der Waals surface area contributed by atoms with Crippen LogP contribution in [0.25, 0.3) is 5.73 Å². The fraction of sp³-hybridized carbons (Fsp3) is 0.960. The molecule has 0 rings (SSSR count). The van der Waals surface area contributed by atoms with E-state index in [1.807, 2.05) is 0 Å². The number of carbonyl (C=O) groups is 1. The molecule has 0 saturated carbocycles. The second-order valence-corrected chi connectivity index (χ2v) is 15.3. The van der Waals surface area contributed by atoms with E-state index in [-0.39, 0.29) is 55.3 Å². The SMILES string of the molecule is CCCCCCCCCCCCOP(O)(=S)OP(=S)(OCCCCCCCCCCCC)OC([NH-])=O.[Mo].[Mo]. The second-order valence-electron chi connectivity index (χ2n) is 9.41. The fourth-order valence-corrected chi connectivity index (χ4v) is 8.98. The summed E-state index contributed by atoms with van der Waals surface area (Å²) in [5.41, 5.74) is 7.09. The molecule has 38 heavy (non-hydrogen) atoms. The zero-order valence-electron chi connectivity index (χ0n) is 23.6. The molecular weight excluding hydrogens is 728 g/mol. The van der Waals surface area contributed by atoms with E-state index in [0.717, 1.165) is 38.5 Å². The third kappa shape index (κ3) is 30.7. The Labute approximate surface area is 272 Å². The van der Waals surface area contributed by atoms with E-state index in [2.05, 4.69) is 13.8 Å². The van der Waals surface area contributed by atoms with Crippen LogP contribution in [-0.4, -0.2) is 24.2 Å². The maximum Gasteiger partial charge on any atom is 0.389 e. The molecule has 13 heteroatoms. The van der Waals surface area contributed by atoms with Gasteiger partial charge in [-0.2, -0.15) is 0 Å². The van der Waals surface area contributed by atoms with Gasteiger partial charge >= 0.3 is 13.4 Å². The molecule has 0 aromatic carbocycles. The summed E-state index contributed by atoms with van der Waals surface area (Å²) in [6.45, 7) is -2.52. The van der Waals surface area contributed by atoms with E-state index in [0.29, 0.717) is 0 Å². The summed E-state index contributed by atoms with van der Waals surface area (Å²) in [6, 6.07) is 0. The molecule has 0 bridgehead atoms. The van der Waals surface area contributed by atoms with E-state index in [1.54, 1.807) is 0 Å². The first-order valence-electron chi connectivity index (χ1n) is 14.1. The van der Waals surface area contributed by atoms with E-state index in [9.17, 15) is 9.69 Å². The summed E-state index contributed by atoms with van der Waals surface area (Å²) in [6.07, 6.45) is 22.2. The van der Waals surface area contributed by atoms with E-state index in [4.69, 9.17) is 47.2 Å². The zero-order valence-corrected chi connectivity index (χ0v) is 31.0. The molecule has 228 valence electrons. The second kappa shape index (κ2) is 30.3. The van der Waals surface area contributed by atoms with Gasteiger partial charge in [0.15, 0.2) is 0 Å². The van der Waals surface area contributed by atoms with Gasteiger partial charge in [-0.3, -0.25) is 9.32 Å². The van der Waals surface area contributed by atoms with Crippen LogP contribution in [-0.2, 0) is 83.6 Å². The standard InChI is InChI=1S/C25H53NO6P2S2.2Mo/c1-3-5-7-9-11-13-15-17-19-21-23-29-33(28,35)32-34(36,31-25(26)27)30-24-22-20-18-16-14-12-10-8-6-4-2;;/h3-24H2,1-2H3,(H3,26,27,28,35);;/p-1. The first kappa shape index (κ1) is 44.2. The van der Waals surface area contributed by atoms with Crippen molar-refractivity contribution >= 4 is 43.1 Å². The summed E-state index contributed by atoms with van der Waals surface area (Å²) in [5, 5.41) is 0. The van der Waals surface area contributed by atoms with Crippen LogP contribution in [0.1, 0.15) is 142 Å². The van der Waals surface area contributed by atoms with Crippen LogP contribution in [0.3, 0.4) is 0 Å². The molecule has 2 unspecified atom stereocenters. The zero-order chi connectivity index (χ0) is 27.0. The van der Waals surface area contributed by atoms with Gasteiger partial charge in [0.1, 0.15) is 0 Å². The van der Waals surface area contributed by atoms with Crippen molar-refractivity contribution in [1.82, 2.24) is 0 Å². The molecule has 0 aromatic heterocycles.